The van der Waals surface area contributed by atoms with Gasteiger partial charge in [0, 0.05) is 5.69 Å². The predicted octanol–water partition coefficient (Wildman–Crippen LogP) is 4.53. The van der Waals surface area contributed by atoms with E-state index >= 15 is 0 Å². The molecule has 0 saturated carbocycles. The van der Waals surface area contributed by atoms with Crippen LogP contribution in [0.25, 0.3) is 0 Å². The molecule has 104 valence electrons. The zero-order chi connectivity index (χ0) is 14.7. The van der Waals surface area contributed by atoms with Gasteiger partial charge in [0.2, 0.25) is 0 Å². The van der Waals surface area contributed by atoms with Crippen molar-refractivity contribution in [3.63, 3.8) is 0 Å². The standard InChI is InChI=1S/C17H19NO2/c1-11-7-5-8-12(2)15(11)18-17(19)20-16-13(3)9-6-10-14(16)4/h5-10H,1-4H3,(H,18,19). The fraction of sp³-hybridized carbons (Fsp3) is 0.235. The lowest BCUT2D eigenvalue weighted by Crippen LogP contribution is -2.19. The van der Waals surface area contributed by atoms with Crippen LogP contribution < -0.4 is 10.1 Å². The van der Waals surface area contributed by atoms with Gasteiger partial charge in [-0.1, -0.05) is 36.4 Å². The van der Waals surface area contributed by atoms with Crippen LogP contribution in [0.2, 0.25) is 0 Å². The number of carbonyl (C=O) groups excluding carboxylic acids is 1. The Bertz CT molecular complexity index is 551. The van der Waals surface area contributed by atoms with Crippen LogP contribution in [0.1, 0.15) is 22.3 Å². The Hall–Kier alpha value is -2.29. The number of benzene rings is 2. The summed E-state index contributed by atoms with van der Waals surface area (Å²) in [5, 5.41) is 2.82. The first kappa shape index (κ1) is 14.1. The molecule has 0 saturated heterocycles. The maximum atomic E-state index is 12.1. The smallest absolute Gasteiger partial charge is 0.410 e. The molecule has 3 heteroatoms. The number of nitrogens with one attached hydrogen (secondary N) is 1. The normalized spacial score (nSPS) is 10.2. The average Bonchev–Trinajstić information content (AvgIpc) is 2.39. The van der Waals surface area contributed by atoms with Crippen LogP contribution in [0, 0.1) is 27.7 Å². The Morgan fingerprint density at radius 1 is 0.850 bits per heavy atom. The van der Waals surface area contributed by atoms with Gasteiger partial charge in [0.15, 0.2) is 0 Å². The third-order valence-electron chi connectivity index (χ3n) is 3.31. The van der Waals surface area contributed by atoms with E-state index in [1.807, 2.05) is 64.1 Å². The number of amides is 1. The molecule has 0 atom stereocenters. The third kappa shape index (κ3) is 2.99. The van der Waals surface area contributed by atoms with E-state index in [-0.39, 0.29) is 0 Å². The number of aryl methyl sites for hydroxylation is 4. The summed E-state index contributed by atoms with van der Waals surface area (Å²) in [6.45, 7) is 7.77. The monoisotopic (exact) mass is 269 g/mol. The number of para-hydroxylation sites is 2. The molecule has 0 unspecified atom stereocenters. The van der Waals surface area contributed by atoms with Crippen molar-refractivity contribution in [3.05, 3.63) is 58.7 Å². The Morgan fingerprint density at radius 3 is 1.80 bits per heavy atom. The van der Waals surface area contributed by atoms with Crippen molar-refractivity contribution in [2.75, 3.05) is 5.32 Å². The summed E-state index contributed by atoms with van der Waals surface area (Å²) in [5.41, 5.74) is 4.74. The molecule has 20 heavy (non-hydrogen) atoms. The molecule has 1 N–H and O–H groups in total. The molecule has 0 heterocycles. The minimum absolute atomic E-state index is 0.459. The minimum atomic E-state index is -0.459. The Labute approximate surface area is 119 Å². The van der Waals surface area contributed by atoms with Gasteiger partial charge in [-0.25, -0.2) is 4.79 Å². The molecule has 0 aliphatic heterocycles. The van der Waals surface area contributed by atoms with Gasteiger partial charge in [-0.05, 0) is 49.9 Å². The first-order valence-electron chi connectivity index (χ1n) is 6.60. The first-order valence-corrected chi connectivity index (χ1v) is 6.60. The highest BCUT2D eigenvalue weighted by atomic mass is 16.6. The van der Waals surface area contributed by atoms with Crippen molar-refractivity contribution >= 4 is 11.8 Å². The van der Waals surface area contributed by atoms with Crippen molar-refractivity contribution in [3.8, 4) is 5.75 Å². The van der Waals surface area contributed by atoms with Gasteiger partial charge in [-0.3, -0.25) is 5.32 Å². The average molecular weight is 269 g/mol. The number of ether oxygens (including phenoxy) is 1. The summed E-state index contributed by atoms with van der Waals surface area (Å²) in [6, 6.07) is 11.7. The lowest BCUT2D eigenvalue weighted by molar-refractivity contribution is 0.214. The van der Waals surface area contributed by atoms with Gasteiger partial charge in [-0.2, -0.15) is 0 Å². The van der Waals surface area contributed by atoms with Crippen molar-refractivity contribution in [1.82, 2.24) is 0 Å². The van der Waals surface area contributed by atoms with Gasteiger partial charge >= 0.3 is 6.09 Å². The summed E-state index contributed by atoms with van der Waals surface area (Å²) in [7, 11) is 0. The molecule has 0 aliphatic carbocycles. The van der Waals surface area contributed by atoms with Crippen LogP contribution >= 0.6 is 0 Å². The van der Waals surface area contributed by atoms with E-state index in [2.05, 4.69) is 5.32 Å². The van der Waals surface area contributed by atoms with E-state index in [4.69, 9.17) is 4.74 Å². The van der Waals surface area contributed by atoms with E-state index in [1.54, 1.807) is 0 Å². The van der Waals surface area contributed by atoms with E-state index in [0.29, 0.717) is 5.75 Å². The highest BCUT2D eigenvalue weighted by molar-refractivity contribution is 5.88. The molecule has 0 radical (unpaired) electrons. The van der Waals surface area contributed by atoms with E-state index in [9.17, 15) is 4.79 Å². The zero-order valence-electron chi connectivity index (χ0n) is 12.3. The Morgan fingerprint density at radius 2 is 1.30 bits per heavy atom. The molecule has 1 amide bonds. The first-order chi connectivity index (χ1) is 9.49. The molecule has 0 fully saturated rings. The Balaban J connectivity index is 2.18. The molecular formula is C17H19NO2. The predicted molar refractivity (Wildman–Crippen MR) is 81.5 cm³/mol. The van der Waals surface area contributed by atoms with Gasteiger partial charge in [0.05, 0.1) is 0 Å². The maximum Gasteiger partial charge on any atom is 0.417 e. The quantitative estimate of drug-likeness (QED) is 0.869. The summed E-state index contributed by atoms with van der Waals surface area (Å²) in [4.78, 5) is 12.1. The van der Waals surface area contributed by atoms with Crippen LogP contribution in [0.4, 0.5) is 10.5 Å². The van der Waals surface area contributed by atoms with Crippen LogP contribution in [-0.2, 0) is 0 Å². The van der Waals surface area contributed by atoms with Crippen LogP contribution in [0.15, 0.2) is 36.4 Å². The summed E-state index contributed by atoms with van der Waals surface area (Å²) < 4.78 is 5.44. The van der Waals surface area contributed by atoms with E-state index in [1.165, 1.54) is 0 Å². The second kappa shape index (κ2) is 5.78. The molecule has 0 spiro atoms. The molecule has 2 aromatic rings. The van der Waals surface area contributed by atoms with Gasteiger partial charge in [0.25, 0.3) is 0 Å². The number of hydrogen-bond acceptors (Lipinski definition) is 2. The SMILES string of the molecule is Cc1cccc(C)c1NC(=O)Oc1c(C)cccc1C. The van der Waals surface area contributed by atoms with Crippen molar-refractivity contribution in [2.45, 2.75) is 27.7 Å². The second-order valence-corrected chi connectivity index (χ2v) is 5.00. The molecule has 2 aromatic carbocycles. The topological polar surface area (TPSA) is 38.3 Å². The van der Waals surface area contributed by atoms with E-state index in [0.717, 1.165) is 27.9 Å². The lowest BCUT2D eigenvalue weighted by Gasteiger charge is -2.13. The zero-order valence-corrected chi connectivity index (χ0v) is 12.3. The largest absolute Gasteiger partial charge is 0.417 e. The number of anilines is 1. The molecule has 0 aliphatic rings. The molecular weight excluding hydrogens is 250 g/mol. The number of carbonyl (C=O) groups is 1. The van der Waals surface area contributed by atoms with Crippen molar-refractivity contribution in [1.29, 1.82) is 0 Å². The summed E-state index contributed by atoms with van der Waals surface area (Å²) >= 11 is 0. The highest BCUT2D eigenvalue weighted by Crippen LogP contribution is 2.24. The molecule has 3 nitrogen and oxygen atoms in total. The highest BCUT2D eigenvalue weighted by Gasteiger charge is 2.12. The van der Waals surface area contributed by atoms with E-state index < -0.39 is 6.09 Å². The van der Waals surface area contributed by atoms with Gasteiger partial charge in [-0.15, -0.1) is 0 Å². The van der Waals surface area contributed by atoms with Gasteiger partial charge < -0.3 is 4.74 Å². The fourth-order valence-electron chi connectivity index (χ4n) is 2.19. The van der Waals surface area contributed by atoms with Crippen LogP contribution in [0.5, 0.6) is 5.75 Å². The Kier molecular flexibility index (Phi) is 4.08. The summed E-state index contributed by atoms with van der Waals surface area (Å²) in [5.74, 6) is 0.622. The minimum Gasteiger partial charge on any atom is -0.410 e. The number of rotatable bonds is 2. The number of hydrogen-bond donors (Lipinski definition) is 1. The molecule has 0 aromatic heterocycles. The van der Waals surface area contributed by atoms with Crippen molar-refractivity contribution < 1.29 is 9.53 Å². The summed E-state index contributed by atoms with van der Waals surface area (Å²) in [6.07, 6.45) is -0.459. The lowest BCUT2D eigenvalue weighted by atomic mass is 10.1. The fourth-order valence-corrected chi connectivity index (χ4v) is 2.19. The molecule has 0 bridgehead atoms. The molecule has 2 rings (SSSR count). The second-order valence-electron chi connectivity index (χ2n) is 5.00. The third-order valence-corrected chi connectivity index (χ3v) is 3.31. The maximum absolute atomic E-state index is 12.1. The van der Waals surface area contributed by atoms with Crippen LogP contribution in [0.3, 0.4) is 0 Å². The van der Waals surface area contributed by atoms with Crippen molar-refractivity contribution in [2.24, 2.45) is 0 Å². The van der Waals surface area contributed by atoms with Gasteiger partial charge in [0.1, 0.15) is 5.75 Å². The van der Waals surface area contributed by atoms with Crippen LogP contribution in [-0.4, -0.2) is 6.09 Å².